The first-order valence-electron chi connectivity index (χ1n) is 3.58. The molecule has 1 saturated carbocycles. The Balaban J connectivity index is 2.32. The highest BCUT2D eigenvalue weighted by Gasteiger charge is 2.23. The van der Waals surface area contributed by atoms with Gasteiger partial charge in [-0.15, -0.1) is 0 Å². The summed E-state index contributed by atoms with van der Waals surface area (Å²) in [6.07, 6.45) is 4.92. The first-order valence-corrected chi connectivity index (χ1v) is 4.82. The number of rotatable bonds is 2. The molecule has 1 fully saturated rings. The highest BCUT2D eigenvalue weighted by Crippen LogP contribution is 2.26. The summed E-state index contributed by atoms with van der Waals surface area (Å²) in [6, 6.07) is 0. The van der Waals surface area contributed by atoms with Crippen molar-refractivity contribution in [2.45, 2.75) is 35.7 Å². The molecule has 0 amide bonds. The van der Waals surface area contributed by atoms with Crippen LogP contribution in [0.15, 0.2) is 0 Å². The van der Waals surface area contributed by atoms with Crippen molar-refractivity contribution >= 4 is 29.1 Å². The van der Waals surface area contributed by atoms with E-state index in [1.54, 1.807) is 0 Å². The Morgan fingerprint density at radius 1 is 1.40 bits per heavy atom. The van der Waals surface area contributed by atoms with Gasteiger partial charge in [-0.2, -0.15) is 0 Å². The van der Waals surface area contributed by atoms with Gasteiger partial charge in [0.25, 0.3) is 6.47 Å². The molecule has 1 rings (SSSR count). The van der Waals surface area contributed by atoms with Gasteiger partial charge in [0.15, 0.2) is 0 Å². The first kappa shape index (κ1) is 8.30. The van der Waals surface area contributed by atoms with Crippen molar-refractivity contribution in [3.8, 4) is 0 Å². The van der Waals surface area contributed by atoms with E-state index in [0.29, 0.717) is 10.4 Å². The maximum Gasteiger partial charge on any atom is 0.293 e. The Hall–Kier alpha value is 0.200. The molecule has 0 aromatic rings. The number of hydrogen-bond acceptors (Lipinski definition) is 2. The Labute approximate surface area is 74.5 Å². The third-order valence-electron chi connectivity index (χ3n) is 1.85. The molecule has 3 heteroatoms. The predicted molar refractivity (Wildman–Crippen MR) is 47.2 cm³/mol. The molecule has 0 unspecified atom stereocenters. The van der Waals surface area contributed by atoms with E-state index in [4.69, 9.17) is 4.74 Å². The molecule has 10 heavy (non-hydrogen) atoms. The van der Waals surface area contributed by atoms with Crippen molar-refractivity contribution in [3.05, 3.63) is 0 Å². The minimum Gasteiger partial charge on any atom is -0.463 e. The molecule has 0 bridgehead atoms. The lowest BCUT2D eigenvalue weighted by atomic mass is 9.98. The van der Waals surface area contributed by atoms with Gasteiger partial charge in [0.2, 0.25) is 0 Å². The normalized spacial score (nSPS) is 33.3. The van der Waals surface area contributed by atoms with Crippen LogP contribution < -0.4 is 0 Å². The molecule has 0 spiro atoms. The van der Waals surface area contributed by atoms with Crippen molar-refractivity contribution in [1.29, 1.82) is 0 Å². The lowest BCUT2D eigenvalue weighted by Crippen LogP contribution is -2.27. The minimum atomic E-state index is 0.187. The second-order valence-electron chi connectivity index (χ2n) is 2.57. The van der Waals surface area contributed by atoms with Crippen LogP contribution in [0.2, 0.25) is 0 Å². The molecule has 2 nitrogen and oxygen atoms in total. The third-order valence-corrected chi connectivity index (χ3v) is 3.28. The van der Waals surface area contributed by atoms with Crippen molar-refractivity contribution in [2.75, 3.05) is 0 Å². The van der Waals surface area contributed by atoms with Gasteiger partial charge in [0.1, 0.15) is 6.10 Å². The lowest BCUT2D eigenvalue weighted by Gasteiger charge is -2.25. The van der Waals surface area contributed by atoms with Crippen LogP contribution in [0.5, 0.6) is 0 Å². The van der Waals surface area contributed by atoms with E-state index in [2.05, 4.69) is 22.6 Å². The zero-order chi connectivity index (χ0) is 7.40. The summed E-state index contributed by atoms with van der Waals surface area (Å²) in [5.41, 5.74) is 0. The number of hydrogen-bond donors (Lipinski definition) is 0. The highest BCUT2D eigenvalue weighted by atomic mass is 127. The van der Waals surface area contributed by atoms with Crippen molar-refractivity contribution in [1.82, 2.24) is 0 Å². The van der Waals surface area contributed by atoms with Crippen LogP contribution >= 0.6 is 22.6 Å². The molecule has 0 aliphatic heterocycles. The van der Waals surface area contributed by atoms with Gasteiger partial charge in [0, 0.05) is 3.92 Å². The summed E-state index contributed by atoms with van der Waals surface area (Å²) in [7, 11) is 0. The van der Waals surface area contributed by atoms with Gasteiger partial charge in [-0.05, 0) is 19.3 Å². The fourth-order valence-electron chi connectivity index (χ4n) is 1.28. The van der Waals surface area contributed by atoms with E-state index >= 15 is 0 Å². The summed E-state index contributed by atoms with van der Waals surface area (Å²) in [6.45, 7) is 0.571. The molecule has 1 aliphatic rings. The quantitative estimate of drug-likeness (QED) is 0.427. The van der Waals surface area contributed by atoms with Gasteiger partial charge in [-0.1, -0.05) is 29.0 Å². The largest absolute Gasteiger partial charge is 0.463 e. The van der Waals surface area contributed by atoms with Crippen LogP contribution in [0.1, 0.15) is 25.7 Å². The number of alkyl halides is 1. The summed E-state index contributed by atoms with van der Waals surface area (Å²) in [4.78, 5) is 9.99. The molecular formula is C7H11IO2. The second kappa shape index (κ2) is 4.16. The number of halogens is 1. The molecular weight excluding hydrogens is 243 g/mol. The second-order valence-corrected chi connectivity index (χ2v) is 4.17. The predicted octanol–water partition coefficient (Wildman–Crippen LogP) is 1.91. The highest BCUT2D eigenvalue weighted by molar-refractivity contribution is 14.1. The summed E-state index contributed by atoms with van der Waals surface area (Å²) < 4.78 is 5.45. The zero-order valence-electron chi connectivity index (χ0n) is 5.75. The summed E-state index contributed by atoms with van der Waals surface area (Å²) >= 11 is 2.36. The van der Waals surface area contributed by atoms with Crippen LogP contribution in [-0.2, 0) is 9.53 Å². The van der Waals surface area contributed by atoms with Gasteiger partial charge >= 0.3 is 0 Å². The Morgan fingerprint density at radius 2 is 2.10 bits per heavy atom. The van der Waals surface area contributed by atoms with Crippen LogP contribution in [0, 0.1) is 0 Å². The molecule has 0 radical (unpaired) electrons. The SMILES string of the molecule is O=CO[C@@H]1CCCC[C@H]1I. The zero-order valence-corrected chi connectivity index (χ0v) is 7.91. The molecule has 0 aromatic carbocycles. The third kappa shape index (κ3) is 2.11. The van der Waals surface area contributed by atoms with Crippen molar-refractivity contribution in [2.24, 2.45) is 0 Å². The van der Waals surface area contributed by atoms with E-state index in [-0.39, 0.29) is 6.10 Å². The molecule has 58 valence electrons. The fourth-order valence-corrected chi connectivity index (χ4v) is 2.25. The number of carbonyl (C=O) groups is 1. The average molecular weight is 254 g/mol. The van der Waals surface area contributed by atoms with Crippen molar-refractivity contribution in [3.63, 3.8) is 0 Å². The average Bonchev–Trinajstić information content (AvgIpc) is 1.94. The number of carbonyl (C=O) groups excluding carboxylic acids is 1. The van der Waals surface area contributed by atoms with Gasteiger partial charge < -0.3 is 4.74 Å². The van der Waals surface area contributed by atoms with Gasteiger partial charge in [0.05, 0.1) is 0 Å². The Bertz CT molecular complexity index is 116. The van der Waals surface area contributed by atoms with E-state index in [0.717, 1.165) is 6.42 Å². The van der Waals surface area contributed by atoms with Crippen LogP contribution in [0.25, 0.3) is 0 Å². The van der Waals surface area contributed by atoms with E-state index in [9.17, 15) is 4.79 Å². The Kier molecular flexibility index (Phi) is 3.45. The summed E-state index contributed by atoms with van der Waals surface area (Å²) in [5.74, 6) is 0. The summed E-state index contributed by atoms with van der Waals surface area (Å²) in [5, 5.41) is 0. The molecule has 1 aliphatic carbocycles. The molecule has 0 saturated heterocycles. The molecule has 0 heterocycles. The van der Waals surface area contributed by atoms with Crippen LogP contribution in [-0.4, -0.2) is 16.5 Å². The Morgan fingerprint density at radius 3 is 2.70 bits per heavy atom. The first-order chi connectivity index (χ1) is 4.84. The monoisotopic (exact) mass is 254 g/mol. The number of ether oxygens (including phenoxy) is 1. The fraction of sp³-hybridized carbons (Fsp3) is 0.857. The molecule has 0 aromatic heterocycles. The van der Waals surface area contributed by atoms with Crippen molar-refractivity contribution < 1.29 is 9.53 Å². The smallest absolute Gasteiger partial charge is 0.293 e. The molecule has 0 N–H and O–H groups in total. The maximum absolute atomic E-state index is 9.99. The molecule has 2 atom stereocenters. The van der Waals surface area contributed by atoms with Gasteiger partial charge in [-0.25, -0.2) is 0 Å². The topological polar surface area (TPSA) is 26.3 Å². The van der Waals surface area contributed by atoms with Gasteiger partial charge in [-0.3, -0.25) is 4.79 Å². The van der Waals surface area contributed by atoms with E-state index < -0.39 is 0 Å². The standard InChI is InChI=1S/C7H11IO2/c8-6-3-1-2-4-7(6)10-5-9/h5-7H,1-4H2/t6-,7-/m1/s1. The van der Waals surface area contributed by atoms with E-state index in [1.165, 1.54) is 19.3 Å². The van der Waals surface area contributed by atoms with Crippen LogP contribution in [0.4, 0.5) is 0 Å². The van der Waals surface area contributed by atoms with Crippen LogP contribution in [0.3, 0.4) is 0 Å². The maximum atomic E-state index is 9.99. The minimum absolute atomic E-state index is 0.187. The lowest BCUT2D eigenvalue weighted by molar-refractivity contribution is -0.134. The van der Waals surface area contributed by atoms with E-state index in [1.807, 2.05) is 0 Å².